The highest BCUT2D eigenvalue weighted by atomic mass is 19.3. The predicted octanol–water partition coefficient (Wildman–Crippen LogP) is 1.10. The molecule has 0 atom stereocenters. The van der Waals surface area contributed by atoms with Crippen LogP contribution in [0.3, 0.4) is 0 Å². The molecule has 0 aliphatic carbocycles. The molecule has 0 saturated carbocycles. The number of aryl methyl sites for hydroxylation is 1. The molecule has 0 fully saturated rings. The number of rotatable bonds is 7. The summed E-state index contributed by atoms with van der Waals surface area (Å²) in [5, 5.41) is 8.73. The zero-order chi connectivity index (χ0) is 13.4. The molecule has 6 heteroatoms. The summed E-state index contributed by atoms with van der Waals surface area (Å²) in [4.78, 5) is 16.7. The Labute approximate surface area is 104 Å². The van der Waals surface area contributed by atoms with E-state index in [0.717, 1.165) is 10.6 Å². The Kier molecular flexibility index (Phi) is 6.21. The van der Waals surface area contributed by atoms with Crippen LogP contribution in [0.2, 0.25) is 0 Å². The molecule has 18 heavy (non-hydrogen) atoms. The van der Waals surface area contributed by atoms with Crippen LogP contribution in [0.15, 0.2) is 24.4 Å². The number of nitrogens with zero attached hydrogens (tertiary/aromatic N) is 2. The van der Waals surface area contributed by atoms with Crippen molar-refractivity contribution < 1.29 is 18.7 Å². The van der Waals surface area contributed by atoms with Crippen LogP contribution in [0.1, 0.15) is 12.1 Å². The molecule has 1 N–H and O–H groups in total. The third-order valence-corrected chi connectivity index (χ3v) is 2.40. The Hall–Kier alpha value is -1.56. The molecule has 0 bridgehead atoms. The standard InChI is InChI=1S/C12H16F2N2O2/c13-11(14)9-16(7-8-17)12(18)5-4-10-3-1-2-6-15-10/h1-3,6,11,17H,4-5,7-9H2. The van der Waals surface area contributed by atoms with E-state index < -0.39 is 18.9 Å². The molecule has 0 unspecified atom stereocenters. The van der Waals surface area contributed by atoms with Gasteiger partial charge in [-0.3, -0.25) is 9.78 Å². The number of aromatic nitrogens is 1. The van der Waals surface area contributed by atoms with Crippen molar-refractivity contribution in [3.05, 3.63) is 30.1 Å². The molecule has 0 aliphatic rings. The van der Waals surface area contributed by atoms with Gasteiger partial charge in [-0.15, -0.1) is 0 Å². The second-order valence-corrected chi connectivity index (χ2v) is 3.78. The lowest BCUT2D eigenvalue weighted by Gasteiger charge is -2.21. The first kappa shape index (κ1) is 14.5. The Morgan fingerprint density at radius 2 is 2.22 bits per heavy atom. The number of hydrogen-bond donors (Lipinski definition) is 1. The number of amides is 1. The maximum absolute atomic E-state index is 12.2. The highest BCUT2D eigenvalue weighted by Crippen LogP contribution is 2.04. The van der Waals surface area contributed by atoms with Crippen LogP contribution in [0.5, 0.6) is 0 Å². The highest BCUT2D eigenvalue weighted by molar-refractivity contribution is 5.76. The topological polar surface area (TPSA) is 53.4 Å². The number of halogens is 2. The number of carbonyl (C=O) groups excluding carboxylic acids is 1. The minimum Gasteiger partial charge on any atom is -0.395 e. The van der Waals surface area contributed by atoms with Crippen molar-refractivity contribution in [3.8, 4) is 0 Å². The smallest absolute Gasteiger partial charge is 0.255 e. The zero-order valence-corrected chi connectivity index (χ0v) is 9.93. The number of pyridine rings is 1. The van der Waals surface area contributed by atoms with E-state index in [-0.39, 0.29) is 19.6 Å². The molecule has 100 valence electrons. The maximum Gasteiger partial charge on any atom is 0.255 e. The van der Waals surface area contributed by atoms with Gasteiger partial charge in [0.15, 0.2) is 0 Å². The second kappa shape index (κ2) is 7.71. The summed E-state index contributed by atoms with van der Waals surface area (Å²) in [6, 6.07) is 5.34. The molecule has 0 radical (unpaired) electrons. The van der Waals surface area contributed by atoms with Gasteiger partial charge in [-0.1, -0.05) is 6.07 Å². The van der Waals surface area contributed by atoms with Crippen LogP contribution in [0.25, 0.3) is 0 Å². The lowest BCUT2D eigenvalue weighted by Crippen LogP contribution is -2.37. The SMILES string of the molecule is O=C(CCc1ccccn1)N(CCO)CC(F)F. The van der Waals surface area contributed by atoms with Gasteiger partial charge in [0, 0.05) is 24.9 Å². The van der Waals surface area contributed by atoms with Crippen molar-refractivity contribution in [1.29, 1.82) is 0 Å². The zero-order valence-electron chi connectivity index (χ0n) is 9.93. The summed E-state index contributed by atoms with van der Waals surface area (Å²) in [6.45, 7) is -1.02. The van der Waals surface area contributed by atoms with Crippen LogP contribution in [-0.2, 0) is 11.2 Å². The fourth-order valence-corrected chi connectivity index (χ4v) is 1.54. The van der Waals surface area contributed by atoms with Gasteiger partial charge in [-0.2, -0.15) is 0 Å². The van der Waals surface area contributed by atoms with Crippen LogP contribution < -0.4 is 0 Å². The number of hydrogen-bond acceptors (Lipinski definition) is 3. The number of aliphatic hydroxyl groups is 1. The van der Waals surface area contributed by atoms with E-state index in [1.807, 2.05) is 0 Å². The first-order valence-corrected chi connectivity index (χ1v) is 5.70. The van der Waals surface area contributed by atoms with E-state index in [2.05, 4.69) is 4.98 Å². The van der Waals surface area contributed by atoms with E-state index in [1.54, 1.807) is 24.4 Å². The number of alkyl halides is 2. The van der Waals surface area contributed by atoms with Gasteiger partial charge in [0.2, 0.25) is 5.91 Å². The molecule has 0 aliphatic heterocycles. The molecular formula is C12H16F2N2O2. The molecule has 1 heterocycles. The minimum absolute atomic E-state index is 0.0641. The first-order valence-electron chi connectivity index (χ1n) is 5.70. The highest BCUT2D eigenvalue weighted by Gasteiger charge is 2.17. The van der Waals surface area contributed by atoms with Gasteiger partial charge in [0.25, 0.3) is 6.43 Å². The third kappa shape index (κ3) is 5.18. The molecule has 1 aromatic heterocycles. The molecule has 4 nitrogen and oxygen atoms in total. The van der Waals surface area contributed by atoms with Crippen molar-refractivity contribution in [2.75, 3.05) is 19.7 Å². The number of aliphatic hydroxyl groups excluding tert-OH is 1. The number of carbonyl (C=O) groups is 1. The van der Waals surface area contributed by atoms with E-state index in [0.29, 0.717) is 6.42 Å². The van der Waals surface area contributed by atoms with Crippen LogP contribution in [-0.4, -0.2) is 47.0 Å². The predicted molar refractivity (Wildman–Crippen MR) is 62.2 cm³/mol. The molecule has 0 spiro atoms. The van der Waals surface area contributed by atoms with Crippen LogP contribution >= 0.6 is 0 Å². The summed E-state index contributed by atoms with van der Waals surface area (Å²) in [6.07, 6.45) is -0.450. The van der Waals surface area contributed by atoms with Crippen molar-refractivity contribution in [2.45, 2.75) is 19.3 Å². The average molecular weight is 258 g/mol. The lowest BCUT2D eigenvalue weighted by atomic mass is 10.2. The summed E-state index contributed by atoms with van der Waals surface area (Å²) in [5.74, 6) is -0.394. The van der Waals surface area contributed by atoms with E-state index in [4.69, 9.17) is 5.11 Å². The minimum atomic E-state index is -2.59. The van der Waals surface area contributed by atoms with Crippen molar-refractivity contribution in [2.24, 2.45) is 0 Å². The summed E-state index contributed by atoms with van der Waals surface area (Å²) < 4.78 is 24.5. The molecule has 0 saturated heterocycles. The maximum atomic E-state index is 12.2. The Morgan fingerprint density at radius 3 is 2.78 bits per heavy atom. The average Bonchev–Trinajstić information content (AvgIpc) is 2.36. The summed E-state index contributed by atoms with van der Waals surface area (Å²) in [5.41, 5.74) is 0.742. The van der Waals surface area contributed by atoms with Crippen molar-refractivity contribution >= 4 is 5.91 Å². The van der Waals surface area contributed by atoms with Gasteiger partial charge < -0.3 is 10.0 Å². The van der Waals surface area contributed by atoms with Crippen molar-refractivity contribution in [1.82, 2.24) is 9.88 Å². The molecule has 0 aromatic carbocycles. The van der Waals surface area contributed by atoms with E-state index >= 15 is 0 Å². The molecular weight excluding hydrogens is 242 g/mol. The van der Waals surface area contributed by atoms with Gasteiger partial charge in [-0.25, -0.2) is 8.78 Å². The second-order valence-electron chi connectivity index (χ2n) is 3.78. The molecule has 1 amide bonds. The van der Waals surface area contributed by atoms with E-state index in [1.165, 1.54) is 0 Å². The largest absolute Gasteiger partial charge is 0.395 e. The monoisotopic (exact) mass is 258 g/mol. The normalized spacial score (nSPS) is 10.7. The van der Waals surface area contributed by atoms with Gasteiger partial charge in [-0.05, 0) is 18.6 Å². The van der Waals surface area contributed by atoms with E-state index in [9.17, 15) is 13.6 Å². The van der Waals surface area contributed by atoms with Gasteiger partial charge >= 0.3 is 0 Å². The molecule has 1 aromatic rings. The van der Waals surface area contributed by atoms with Crippen LogP contribution in [0, 0.1) is 0 Å². The Balaban J connectivity index is 2.46. The summed E-state index contributed by atoms with van der Waals surface area (Å²) in [7, 11) is 0. The third-order valence-electron chi connectivity index (χ3n) is 2.40. The Morgan fingerprint density at radius 1 is 1.44 bits per heavy atom. The fourth-order valence-electron chi connectivity index (χ4n) is 1.54. The Bertz CT molecular complexity index is 360. The quantitative estimate of drug-likeness (QED) is 0.796. The van der Waals surface area contributed by atoms with Gasteiger partial charge in [0.1, 0.15) is 0 Å². The fraction of sp³-hybridized carbons (Fsp3) is 0.500. The lowest BCUT2D eigenvalue weighted by molar-refractivity contribution is -0.133. The van der Waals surface area contributed by atoms with Crippen LogP contribution in [0.4, 0.5) is 8.78 Å². The van der Waals surface area contributed by atoms with Crippen molar-refractivity contribution in [3.63, 3.8) is 0 Å². The van der Waals surface area contributed by atoms with Gasteiger partial charge in [0.05, 0.1) is 13.2 Å². The molecule has 1 rings (SSSR count). The summed E-state index contributed by atoms with van der Waals surface area (Å²) >= 11 is 0. The first-order chi connectivity index (χ1) is 8.63.